The van der Waals surface area contributed by atoms with Crippen LogP contribution in [0.25, 0.3) is 11.0 Å². The van der Waals surface area contributed by atoms with Crippen LogP contribution in [0.5, 0.6) is 0 Å². The molecule has 0 saturated carbocycles. The molecule has 33 heavy (non-hydrogen) atoms. The quantitative estimate of drug-likeness (QED) is 0.427. The van der Waals surface area contributed by atoms with E-state index in [1.54, 1.807) is 0 Å². The summed E-state index contributed by atoms with van der Waals surface area (Å²) in [7, 11) is 0. The summed E-state index contributed by atoms with van der Waals surface area (Å²) in [6.07, 6.45) is 6.80. The van der Waals surface area contributed by atoms with E-state index in [0.717, 1.165) is 11.3 Å². The summed E-state index contributed by atoms with van der Waals surface area (Å²) < 4.78 is 6.11. The third-order valence-corrected chi connectivity index (χ3v) is 9.01. The van der Waals surface area contributed by atoms with Gasteiger partial charge in [0.15, 0.2) is 0 Å². The molecule has 2 aliphatic rings. The van der Waals surface area contributed by atoms with Gasteiger partial charge in [-0.2, -0.15) is 0 Å². The highest BCUT2D eigenvalue weighted by Gasteiger charge is 2.39. The molecule has 1 heterocycles. The molecule has 2 heteroatoms. The number of benzene rings is 2. The Kier molecular flexibility index (Phi) is 4.72. The molecule has 2 nitrogen and oxygen atoms in total. The molecule has 0 radical (unpaired) electrons. The van der Waals surface area contributed by atoms with Crippen molar-refractivity contribution in [3.05, 3.63) is 58.3 Å². The van der Waals surface area contributed by atoms with Crippen LogP contribution >= 0.6 is 0 Å². The van der Waals surface area contributed by atoms with E-state index in [-0.39, 0.29) is 21.7 Å². The lowest BCUT2D eigenvalue weighted by molar-refractivity contribution is 0.332. The van der Waals surface area contributed by atoms with Crippen LogP contribution in [-0.4, -0.2) is 0 Å². The van der Waals surface area contributed by atoms with E-state index >= 15 is 0 Å². The maximum absolute atomic E-state index is 6.11. The zero-order valence-electron chi connectivity index (χ0n) is 22.1. The van der Waals surface area contributed by atoms with E-state index < -0.39 is 0 Å². The van der Waals surface area contributed by atoms with E-state index in [1.165, 1.54) is 64.6 Å². The van der Waals surface area contributed by atoms with Gasteiger partial charge in [0.1, 0.15) is 11.8 Å². The molecular weight excluding hydrogens is 402 g/mol. The Morgan fingerprint density at radius 2 is 1.06 bits per heavy atom. The van der Waals surface area contributed by atoms with Gasteiger partial charge in [-0.25, -0.2) is 0 Å². The summed E-state index contributed by atoms with van der Waals surface area (Å²) >= 11 is 0. The molecule has 0 spiro atoms. The van der Waals surface area contributed by atoms with Crippen LogP contribution < -0.4 is 5.32 Å². The molecule has 0 atom stereocenters. The number of furan rings is 1. The molecule has 0 bridgehead atoms. The first kappa shape index (κ1) is 22.6. The van der Waals surface area contributed by atoms with E-state index in [4.69, 9.17) is 4.42 Å². The standard InChI is InChI=1S/C31H41NO/c1-19-14-21-23(30(6,7)12-10-28(21,2)3)16-25(19)32-26-18-33-27-17-24-22(15-20(26)27)29(4,5)11-13-31(24,8)9/h14-18,32H,10-13H2,1-9H3. The molecule has 2 aliphatic carbocycles. The molecule has 5 rings (SSSR count). The van der Waals surface area contributed by atoms with Gasteiger partial charge in [-0.05, 0) is 100 Å². The largest absolute Gasteiger partial charge is 0.462 e. The minimum absolute atomic E-state index is 0.185. The van der Waals surface area contributed by atoms with Gasteiger partial charge in [-0.3, -0.25) is 0 Å². The molecule has 1 aromatic heterocycles. The predicted octanol–water partition coefficient (Wildman–Crippen LogP) is 9.18. The predicted molar refractivity (Wildman–Crippen MR) is 141 cm³/mol. The van der Waals surface area contributed by atoms with Crippen LogP contribution in [0.4, 0.5) is 11.4 Å². The molecule has 0 aliphatic heterocycles. The van der Waals surface area contributed by atoms with Crippen molar-refractivity contribution in [3.63, 3.8) is 0 Å². The second kappa shape index (κ2) is 6.90. The van der Waals surface area contributed by atoms with Crippen molar-refractivity contribution in [1.82, 2.24) is 0 Å². The maximum atomic E-state index is 6.11. The molecule has 1 N–H and O–H groups in total. The van der Waals surface area contributed by atoms with E-state index in [0.29, 0.717) is 0 Å². The average molecular weight is 444 g/mol. The Balaban J connectivity index is 1.61. The van der Waals surface area contributed by atoms with Gasteiger partial charge >= 0.3 is 0 Å². The van der Waals surface area contributed by atoms with Gasteiger partial charge in [0.2, 0.25) is 0 Å². The molecule has 0 saturated heterocycles. The summed E-state index contributed by atoms with van der Waals surface area (Å²) in [6, 6.07) is 9.55. The fourth-order valence-electron chi connectivity index (χ4n) is 6.19. The third kappa shape index (κ3) is 3.52. The lowest BCUT2D eigenvalue weighted by Crippen LogP contribution is -2.34. The first-order chi connectivity index (χ1) is 15.2. The second-order valence-electron chi connectivity index (χ2n) is 13.4. The van der Waals surface area contributed by atoms with Crippen LogP contribution in [0.2, 0.25) is 0 Å². The van der Waals surface area contributed by atoms with Crippen LogP contribution in [0, 0.1) is 6.92 Å². The number of anilines is 2. The number of hydrogen-bond donors (Lipinski definition) is 1. The summed E-state index contributed by atoms with van der Waals surface area (Å²) in [4.78, 5) is 0. The highest BCUT2D eigenvalue weighted by Crippen LogP contribution is 2.49. The van der Waals surface area contributed by atoms with Crippen LogP contribution in [0.3, 0.4) is 0 Å². The highest BCUT2D eigenvalue weighted by atomic mass is 16.3. The van der Waals surface area contributed by atoms with Crippen molar-refractivity contribution in [3.8, 4) is 0 Å². The molecular formula is C31H41NO. The Morgan fingerprint density at radius 1 is 0.606 bits per heavy atom. The van der Waals surface area contributed by atoms with Gasteiger partial charge in [0.05, 0.1) is 5.69 Å². The lowest BCUT2D eigenvalue weighted by atomic mass is 9.63. The van der Waals surface area contributed by atoms with E-state index in [2.05, 4.69) is 91.9 Å². The van der Waals surface area contributed by atoms with Crippen molar-refractivity contribution >= 4 is 22.3 Å². The number of fused-ring (bicyclic) bond motifs is 3. The van der Waals surface area contributed by atoms with E-state index in [9.17, 15) is 0 Å². The van der Waals surface area contributed by atoms with Crippen molar-refractivity contribution < 1.29 is 4.42 Å². The highest BCUT2D eigenvalue weighted by molar-refractivity contribution is 5.94. The first-order valence-electron chi connectivity index (χ1n) is 12.7. The zero-order valence-corrected chi connectivity index (χ0v) is 22.1. The van der Waals surface area contributed by atoms with Crippen LogP contribution in [0.1, 0.15) is 109 Å². The molecule has 3 aromatic rings. The third-order valence-electron chi connectivity index (χ3n) is 9.01. The summed E-state index contributed by atoms with van der Waals surface area (Å²) in [5.74, 6) is 0. The normalized spacial score (nSPS) is 22.0. The topological polar surface area (TPSA) is 25.2 Å². The van der Waals surface area contributed by atoms with Crippen molar-refractivity contribution in [2.75, 3.05) is 5.32 Å². The second-order valence-corrected chi connectivity index (χ2v) is 13.4. The monoisotopic (exact) mass is 443 g/mol. The smallest absolute Gasteiger partial charge is 0.136 e. The van der Waals surface area contributed by atoms with Crippen LogP contribution in [0.15, 0.2) is 34.9 Å². The minimum atomic E-state index is 0.185. The van der Waals surface area contributed by atoms with Gasteiger partial charge in [0.25, 0.3) is 0 Å². The van der Waals surface area contributed by atoms with Crippen molar-refractivity contribution in [1.29, 1.82) is 0 Å². The van der Waals surface area contributed by atoms with Crippen molar-refractivity contribution in [2.45, 2.75) is 110 Å². The summed E-state index contributed by atoms with van der Waals surface area (Å²) in [6.45, 7) is 21.3. The molecule has 0 amide bonds. The van der Waals surface area contributed by atoms with Crippen molar-refractivity contribution in [2.24, 2.45) is 0 Å². The Hall–Kier alpha value is -2.22. The SMILES string of the molecule is Cc1cc2c(cc1Nc1coc3cc4c(cc13)C(C)(C)CCC4(C)C)C(C)(C)CCC2(C)C. The molecule has 0 unspecified atom stereocenters. The Labute approximate surface area is 200 Å². The zero-order chi connectivity index (χ0) is 24.0. The van der Waals surface area contributed by atoms with Gasteiger partial charge in [0, 0.05) is 11.1 Å². The summed E-state index contributed by atoms with van der Waals surface area (Å²) in [5.41, 5.74) is 11.3. The summed E-state index contributed by atoms with van der Waals surface area (Å²) in [5, 5.41) is 4.96. The number of hydrogen-bond acceptors (Lipinski definition) is 2. The maximum Gasteiger partial charge on any atom is 0.136 e. The average Bonchev–Trinajstić information content (AvgIpc) is 3.11. The number of aryl methyl sites for hydroxylation is 1. The lowest BCUT2D eigenvalue weighted by Gasteiger charge is -2.42. The van der Waals surface area contributed by atoms with Crippen LogP contribution in [-0.2, 0) is 21.7 Å². The Morgan fingerprint density at radius 3 is 1.61 bits per heavy atom. The number of rotatable bonds is 2. The van der Waals surface area contributed by atoms with Gasteiger partial charge < -0.3 is 9.73 Å². The molecule has 2 aromatic carbocycles. The molecule has 176 valence electrons. The first-order valence-corrected chi connectivity index (χ1v) is 12.7. The Bertz CT molecular complexity index is 1250. The molecule has 0 fully saturated rings. The van der Waals surface area contributed by atoms with Gasteiger partial charge in [-0.15, -0.1) is 0 Å². The fourth-order valence-corrected chi connectivity index (χ4v) is 6.19. The minimum Gasteiger partial charge on any atom is -0.462 e. The van der Waals surface area contributed by atoms with E-state index in [1.807, 2.05) is 6.26 Å². The van der Waals surface area contributed by atoms with Gasteiger partial charge in [-0.1, -0.05) is 61.5 Å². The fraction of sp³-hybridized carbons (Fsp3) is 0.548. The number of nitrogens with one attached hydrogen (secondary N) is 1.